The molecule has 0 aliphatic rings. The predicted molar refractivity (Wildman–Crippen MR) is 115 cm³/mol. The quantitative estimate of drug-likeness (QED) is 0.457. The number of thioether (sulfide) groups is 1. The molecule has 1 aromatic heterocycles. The molecule has 0 radical (unpaired) electrons. The number of amides is 1. The highest BCUT2D eigenvalue weighted by atomic mass is 32.2. The number of nitrogens with zero attached hydrogens (tertiary/aromatic N) is 3. The number of hydrogen-bond donors (Lipinski definition) is 1. The Morgan fingerprint density at radius 3 is 2.53 bits per heavy atom. The van der Waals surface area contributed by atoms with Crippen LogP contribution >= 0.6 is 11.8 Å². The zero-order valence-electron chi connectivity index (χ0n) is 17.1. The topological polar surface area (TPSA) is 95.3 Å². The fourth-order valence-electron chi connectivity index (χ4n) is 2.82. The maximum absolute atomic E-state index is 12.5. The van der Waals surface area contributed by atoms with Gasteiger partial charge >= 0.3 is 5.97 Å². The molecule has 0 saturated heterocycles. The lowest BCUT2D eigenvalue weighted by Crippen LogP contribution is -2.16. The number of methoxy groups -OCH3 is 2. The number of rotatable bonds is 7. The van der Waals surface area contributed by atoms with Crippen molar-refractivity contribution in [2.45, 2.75) is 19.0 Å². The minimum absolute atomic E-state index is 0.134. The summed E-state index contributed by atoms with van der Waals surface area (Å²) in [6.45, 7) is 3.72. The van der Waals surface area contributed by atoms with Crippen LogP contribution in [0.5, 0.6) is 5.75 Å². The molecule has 3 aromatic rings. The first-order valence-corrected chi connectivity index (χ1v) is 10.1. The lowest BCUT2D eigenvalue weighted by atomic mass is 10.0. The van der Waals surface area contributed by atoms with Crippen molar-refractivity contribution in [1.82, 2.24) is 14.8 Å². The van der Waals surface area contributed by atoms with E-state index in [1.54, 1.807) is 24.1 Å². The minimum Gasteiger partial charge on any atom is -0.497 e. The largest absolute Gasteiger partial charge is 0.497 e. The van der Waals surface area contributed by atoms with E-state index >= 15 is 0 Å². The second-order valence-corrected chi connectivity index (χ2v) is 7.42. The summed E-state index contributed by atoms with van der Waals surface area (Å²) in [5.41, 5.74) is 3.54. The zero-order chi connectivity index (χ0) is 21.7. The average Bonchev–Trinajstić information content (AvgIpc) is 3.22. The van der Waals surface area contributed by atoms with Crippen LogP contribution in [0.2, 0.25) is 0 Å². The first-order chi connectivity index (χ1) is 14.4. The lowest BCUT2D eigenvalue weighted by Gasteiger charge is -2.12. The number of esters is 1. The van der Waals surface area contributed by atoms with Crippen LogP contribution in [0.15, 0.2) is 47.9 Å². The molecule has 0 unspecified atom stereocenters. The molecule has 3 rings (SSSR count). The monoisotopic (exact) mass is 426 g/mol. The van der Waals surface area contributed by atoms with Crippen molar-refractivity contribution in [3.8, 4) is 11.4 Å². The average molecular weight is 426 g/mol. The Balaban J connectivity index is 1.68. The molecular weight excluding hydrogens is 404 g/mol. The van der Waals surface area contributed by atoms with E-state index in [9.17, 15) is 9.59 Å². The van der Waals surface area contributed by atoms with Gasteiger partial charge in [-0.15, -0.1) is 10.2 Å². The normalized spacial score (nSPS) is 10.5. The molecule has 9 heteroatoms. The van der Waals surface area contributed by atoms with E-state index in [1.165, 1.54) is 18.9 Å². The second-order valence-electron chi connectivity index (χ2n) is 6.48. The van der Waals surface area contributed by atoms with Gasteiger partial charge in [-0.3, -0.25) is 9.36 Å². The van der Waals surface area contributed by atoms with Crippen LogP contribution < -0.4 is 10.1 Å². The molecule has 0 fully saturated rings. The van der Waals surface area contributed by atoms with Gasteiger partial charge in [0.15, 0.2) is 5.16 Å². The van der Waals surface area contributed by atoms with Crippen molar-refractivity contribution in [3.05, 3.63) is 59.4 Å². The van der Waals surface area contributed by atoms with Crippen LogP contribution in [0.3, 0.4) is 0 Å². The fourth-order valence-corrected chi connectivity index (χ4v) is 3.55. The van der Waals surface area contributed by atoms with Gasteiger partial charge in [-0.1, -0.05) is 11.8 Å². The molecule has 0 spiro atoms. The van der Waals surface area contributed by atoms with Crippen molar-refractivity contribution in [2.24, 2.45) is 0 Å². The Morgan fingerprint density at radius 1 is 1.13 bits per heavy atom. The number of anilines is 1. The van der Waals surface area contributed by atoms with Crippen molar-refractivity contribution in [3.63, 3.8) is 0 Å². The fraction of sp³-hybridized carbons (Fsp3) is 0.238. The van der Waals surface area contributed by atoms with Crippen molar-refractivity contribution in [2.75, 3.05) is 25.3 Å². The van der Waals surface area contributed by atoms with E-state index in [0.29, 0.717) is 16.4 Å². The van der Waals surface area contributed by atoms with Crippen LogP contribution in [0.1, 0.15) is 21.5 Å². The molecule has 0 aliphatic carbocycles. The van der Waals surface area contributed by atoms with Crippen LogP contribution in [0.4, 0.5) is 5.69 Å². The van der Waals surface area contributed by atoms with Gasteiger partial charge in [0, 0.05) is 11.4 Å². The van der Waals surface area contributed by atoms with Gasteiger partial charge < -0.3 is 14.8 Å². The van der Waals surface area contributed by atoms with Crippen molar-refractivity contribution >= 4 is 29.3 Å². The maximum Gasteiger partial charge on any atom is 0.338 e. The maximum atomic E-state index is 12.5. The molecule has 1 heterocycles. The summed E-state index contributed by atoms with van der Waals surface area (Å²) in [5.74, 6) is 0.229. The number of aromatic nitrogens is 3. The molecule has 8 nitrogen and oxygen atoms in total. The Hall–Kier alpha value is -3.33. The molecule has 0 bridgehead atoms. The first kappa shape index (κ1) is 21.4. The highest BCUT2D eigenvalue weighted by molar-refractivity contribution is 7.99. The van der Waals surface area contributed by atoms with Crippen molar-refractivity contribution in [1.29, 1.82) is 0 Å². The van der Waals surface area contributed by atoms with E-state index in [0.717, 1.165) is 22.6 Å². The highest BCUT2D eigenvalue weighted by Gasteiger charge is 2.15. The van der Waals surface area contributed by atoms with E-state index < -0.39 is 5.97 Å². The summed E-state index contributed by atoms with van der Waals surface area (Å²) in [5, 5.41) is 11.4. The van der Waals surface area contributed by atoms with E-state index in [1.807, 2.05) is 44.2 Å². The molecule has 30 heavy (non-hydrogen) atoms. The molecule has 0 atom stereocenters. The second kappa shape index (κ2) is 9.45. The molecular formula is C21H22N4O4S. The minimum atomic E-state index is -0.436. The van der Waals surface area contributed by atoms with E-state index in [4.69, 9.17) is 9.47 Å². The molecule has 2 aromatic carbocycles. The smallest absolute Gasteiger partial charge is 0.338 e. The number of ether oxygens (including phenoxy) is 2. The Morgan fingerprint density at radius 2 is 1.87 bits per heavy atom. The Bertz CT molecular complexity index is 1060. The predicted octanol–water partition coefficient (Wildman–Crippen LogP) is 3.41. The zero-order valence-corrected chi connectivity index (χ0v) is 17.9. The van der Waals surface area contributed by atoms with Crippen LogP contribution in [-0.2, 0) is 9.53 Å². The Labute approximate surface area is 178 Å². The SMILES string of the molecule is COC(=O)c1cc(NC(=O)CSc2nncn2-c2ccc(OC)cc2)cc(C)c1C. The summed E-state index contributed by atoms with van der Waals surface area (Å²) >= 11 is 1.26. The summed E-state index contributed by atoms with van der Waals surface area (Å²) in [4.78, 5) is 24.4. The van der Waals surface area contributed by atoms with Crippen LogP contribution in [-0.4, -0.2) is 46.6 Å². The van der Waals surface area contributed by atoms with Gasteiger partial charge in [0.25, 0.3) is 0 Å². The molecule has 0 aliphatic heterocycles. The summed E-state index contributed by atoms with van der Waals surface area (Å²) in [6.07, 6.45) is 1.59. The third-order valence-electron chi connectivity index (χ3n) is 4.56. The number of benzene rings is 2. The standard InChI is InChI=1S/C21H22N4O4S/c1-13-9-15(10-18(14(13)2)20(27)29-4)23-19(26)11-30-21-24-22-12-25(21)16-5-7-17(28-3)8-6-16/h5-10,12H,11H2,1-4H3,(H,23,26). The molecule has 0 saturated carbocycles. The number of hydrogen-bond acceptors (Lipinski definition) is 7. The third-order valence-corrected chi connectivity index (χ3v) is 5.50. The lowest BCUT2D eigenvalue weighted by molar-refractivity contribution is -0.113. The van der Waals surface area contributed by atoms with Gasteiger partial charge in [-0.25, -0.2) is 4.79 Å². The van der Waals surface area contributed by atoms with Crippen LogP contribution in [0, 0.1) is 13.8 Å². The molecule has 1 amide bonds. The van der Waals surface area contributed by atoms with Gasteiger partial charge in [0.1, 0.15) is 12.1 Å². The summed E-state index contributed by atoms with van der Waals surface area (Å²) in [7, 11) is 2.94. The van der Waals surface area contributed by atoms with Gasteiger partial charge in [-0.05, 0) is 61.4 Å². The first-order valence-electron chi connectivity index (χ1n) is 9.09. The number of carbonyl (C=O) groups excluding carboxylic acids is 2. The number of aryl methyl sites for hydroxylation is 1. The van der Waals surface area contributed by atoms with Gasteiger partial charge in [0.05, 0.1) is 25.5 Å². The summed E-state index contributed by atoms with van der Waals surface area (Å²) in [6, 6.07) is 10.9. The van der Waals surface area contributed by atoms with E-state index in [-0.39, 0.29) is 11.7 Å². The van der Waals surface area contributed by atoms with Gasteiger partial charge in [-0.2, -0.15) is 0 Å². The summed E-state index contributed by atoms with van der Waals surface area (Å²) < 4.78 is 11.8. The van der Waals surface area contributed by atoms with Gasteiger partial charge in [0.2, 0.25) is 5.91 Å². The number of carbonyl (C=O) groups is 2. The van der Waals surface area contributed by atoms with E-state index in [2.05, 4.69) is 15.5 Å². The third kappa shape index (κ3) is 4.80. The Kier molecular flexibility index (Phi) is 6.73. The molecule has 156 valence electrons. The van der Waals surface area contributed by atoms with Crippen LogP contribution in [0.25, 0.3) is 5.69 Å². The highest BCUT2D eigenvalue weighted by Crippen LogP contribution is 2.23. The molecule has 1 N–H and O–H groups in total. The number of nitrogens with one attached hydrogen (secondary N) is 1. The van der Waals surface area contributed by atoms with Crippen molar-refractivity contribution < 1.29 is 19.1 Å².